The molecule has 0 aromatic carbocycles. The lowest BCUT2D eigenvalue weighted by atomic mass is 9.77. The van der Waals surface area contributed by atoms with Gasteiger partial charge in [-0.3, -0.25) is 4.79 Å². The van der Waals surface area contributed by atoms with Crippen LogP contribution in [0.3, 0.4) is 0 Å². The molecule has 0 aromatic rings. The largest absolute Gasteiger partial charge is 0.512 e. The minimum absolute atomic E-state index is 0.100. The molecule has 0 aliphatic carbocycles. The third-order valence-corrected chi connectivity index (χ3v) is 4.83. The Kier molecular flexibility index (Phi) is 8.76. The molecule has 2 unspecified atom stereocenters. The maximum absolute atomic E-state index is 12.6. The van der Waals surface area contributed by atoms with Gasteiger partial charge in [0, 0.05) is 23.3 Å². The standard InChI is InChI=1S/C17H30F2O2/c1-6-13(10-12(5)16(18)19)14(20)11-15(21)17(7-2,8-3)9-4/h11-13,16,21H,6-10H2,1-5H3/b15-11-. The molecular weight excluding hydrogens is 274 g/mol. The lowest BCUT2D eigenvalue weighted by molar-refractivity contribution is -0.119. The van der Waals surface area contributed by atoms with Gasteiger partial charge in [-0.25, -0.2) is 8.78 Å². The lowest BCUT2D eigenvalue weighted by Crippen LogP contribution is -2.24. The van der Waals surface area contributed by atoms with Crippen LogP contribution in [0.1, 0.15) is 66.7 Å². The molecular formula is C17H30F2O2. The highest BCUT2D eigenvalue weighted by molar-refractivity contribution is 5.92. The minimum atomic E-state index is -2.41. The van der Waals surface area contributed by atoms with E-state index in [2.05, 4.69) is 0 Å². The summed E-state index contributed by atoms with van der Waals surface area (Å²) in [6, 6.07) is 0. The first-order chi connectivity index (χ1) is 9.77. The summed E-state index contributed by atoms with van der Waals surface area (Å²) in [6.07, 6.45) is 1.79. The van der Waals surface area contributed by atoms with E-state index in [1.54, 1.807) is 0 Å². The van der Waals surface area contributed by atoms with Gasteiger partial charge in [-0.1, -0.05) is 34.6 Å². The van der Waals surface area contributed by atoms with Crippen LogP contribution < -0.4 is 0 Å². The van der Waals surface area contributed by atoms with E-state index in [-0.39, 0.29) is 23.4 Å². The number of carbonyl (C=O) groups excluding carboxylic acids is 1. The molecule has 0 bridgehead atoms. The van der Waals surface area contributed by atoms with Crippen LogP contribution in [0.15, 0.2) is 11.8 Å². The maximum Gasteiger partial charge on any atom is 0.241 e. The van der Waals surface area contributed by atoms with E-state index in [0.717, 1.165) is 19.3 Å². The van der Waals surface area contributed by atoms with Gasteiger partial charge in [0.15, 0.2) is 5.78 Å². The summed E-state index contributed by atoms with van der Waals surface area (Å²) < 4.78 is 25.3. The molecule has 0 rings (SSSR count). The summed E-state index contributed by atoms with van der Waals surface area (Å²) >= 11 is 0. The third-order valence-electron chi connectivity index (χ3n) is 4.83. The van der Waals surface area contributed by atoms with Gasteiger partial charge in [-0.15, -0.1) is 0 Å². The Morgan fingerprint density at radius 2 is 1.62 bits per heavy atom. The number of alkyl halides is 2. The van der Waals surface area contributed by atoms with Crippen molar-refractivity contribution in [3.8, 4) is 0 Å². The van der Waals surface area contributed by atoms with E-state index in [4.69, 9.17) is 0 Å². The minimum Gasteiger partial charge on any atom is -0.512 e. The molecule has 0 aliphatic rings. The zero-order valence-electron chi connectivity index (χ0n) is 14.0. The number of hydrogen-bond acceptors (Lipinski definition) is 2. The lowest BCUT2D eigenvalue weighted by Gasteiger charge is -2.30. The Hall–Kier alpha value is -0.930. The molecule has 0 spiro atoms. The van der Waals surface area contributed by atoms with Crippen molar-refractivity contribution in [1.29, 1.82) is 0 Å². The van der Waals surface area contributed by atoms with Gasteiger partial charge in [-0.05, 0) is 32.1 Å². The average Bonchev–Trinajstić information content (AvgIpc) is 2.46. The summed E-state index contributed by atoms with van der Waals surface area (Å²) in [4.78, 5) is 12.3. The smallest absolute Gasteiger partial charge is 0.241 e. The van der Waals surface area contributed by atoms with E-state index < -0.39 is 18.3 Å². The Bertz CT molecular complexity index is 338. The van der Waals surface area contributed by atoms with Crippen molar-refractivity contribution in [1.82, 2.24) is 0 Å². The highest BCUT2D eigenvalue weighted by Crippen LogP contribution is 2.37. The Morgan fingerprint density at radius 1 is 1.14 bits per heavy atom. The number of aliphatic hydroxyl groups excluding tert-OH is 1. The fourth-order valence-corrected chi connectivity index (χ4v) is 2.73. The summed E-state index contributed by atoms with van der Waals surface area (Å²) in [7, 11) is 0. The number of halogens is 2. The van der Waals surface area contributed by atoms with Gasteiger partial charge in [0.1, 0.15) is 5.76 Å². The van der Waals surface area contributed by atoms with Crippen LogP contribution in [0.25, 0.3) is 0 Å². The van der Waals surface area contributed by atoms with E-state index in [9.17, 15) is 18.7 Å². The first-order valence-electron chi connectivity index (χ1n) is 8.00. The van der Waals surface area contributed by atoms with Crippen molar-refractivity contribution in [3.05, 3.63) is 11.8 Å². The number of rotatable bonds is 10. The molecule has 0 saturated heterocycles. The van der Waals surface area contributed by atoms with Gasteiger partial charge in [0.05, 0.1) is 0 Å². The first kappa shape index (κ1) is 20.1. The molecule has 2 nitrogen and oxygen atoms in total. The predicted octanol–water partition coefficient (Wildman–Crippen LogP) is 5.53. The second-order valence-corrected chi connectivity index (χ2v) is 5.93. The number of carbonyl (C=O) groups is 1. The molecule has 0 amide bonds. The van der Waals surface area contributed by atoms with Gasteiger partial charge in [0.25, 0.3) is 0 Å². The van der Waals surface area contributed by atoms with Crippen LogP contribution in [0.2, 0.25) is 0 Å². The molecule has 4 heteroatoms. The fourth-order valence-electron chi connectivity index (χ4n) is 2.73. The van der Waals surface area contributed by atoms with Crippen molar-refractivity contribution in [2.75, 3.05) is 0 Å². The summed E-state index contributed by atoms with van der Waals surface area (Å²) in [5, 5.41) is 10.3. The van der Waals surface area contributed by atoms with Gasteiger partial charge in [0.2, 0.25) is 6.43 Å². The van der Waals surface area contributed by atoms with Crippen LogP contribution in [0.4, 0.5) is 8.78 Å². The molecule has 0 aliphatic heterocycles. The summed E-state index contributed by atoms with van der Waals surface area (Å²) in [6.45, 7) is 9.23. The zero-order chi connectivity index (χ0) is 16.6. The Morgan fingerprint density at radius 3 is 1.95 bits per heavy atom. The van der Waals surface area contributed by atoms with Crippen LogP contribution in [-0.4, -0.2) is 17.3 Å². The topological polar surface area (TPSA) is 37.3 Å². The highest BCUT2D eigenvalue weighted by atomic mass is 19.3. The number of ketones is 1. The van der Waals surface area contributed by atoms with Crippen molar-refractivity contribution in [2.24, 2.45) is 17.3 Å². The maximum atomic E-state index is 12.6. The molecule has 0 saturated carbocycles. The second kappa shape index (κ2) is 9.16. The Labute approximate surface area is 127 Å². The van der Waals surface area contributed by atoms with Gasteiger partial charge < -0.3 is 5.11 Å². The highest BCUT2D eigenvalue weighted by Gasteiger charge is 2.31. The van der Waals surface area contributed by atoms with E-state index in [0.29, 0.717) is 6.42 Å². The third kappa shape index (κ3) is 5.40. The first-order valence-corrected chi connectivity index (χ1v) is 8.00. The molecule has 1 N–H and O–H groups in total. The SMILES string of the molecule is CCC(CC(C)C(F)F)C(=O)/C=C(\O)C(CC)(CC)CC. The fraction of sp³-hybridized carbons (Fsp3) is 0.824. The normalized spacial score (nSPS) is 16.1. The van der Waals surface area contributed by atoms with Crippen LogP contribution in [0.5, 0.6) is 0 Å². The van der Waals surface area contributed by atoms with Crippen LogP contribution >= 0.6 is 0 Å². The second-order valence-electron chi connectivity index (χ2n) is 5.93. The van der Waals surface area contributed by atoms with E-state index >= 15 is 0 Å². The van der Waals surface area contributed by atoms with Crippen molar-refractivity contribution in [3.63, 3.8) is 0 Å². The van der Waals surface area contributed by atoms with E-state index in [1.807, 2.05) is 27.7 Å². The average molecular weight is 304 g/mol. The monoisotopic (exact) mass is 304 g/mol. The number of aliphatic hydroxyl groups is 1. The molecule has 2 atom stereocenters. The molecule has 124 valence electrons. The summed E-state index contributed by atoms with van der Waals surface area (Å²) in [5.41, 5.74) is -0.373. The van der Waals surface area contributed by atoms with Gasteiger partial charge in [-0.2, -0.15) is 0 Å². The van der Waals surface area contributed by atoms with Crippen LogP contribution in [0, 0.1) is 17.3 Å². The van der Waals surface area contributed by atoms with Crippen molar-refractivity contribution in [2.45, 2.75) is 73.1 Å². The Balaban J connectivity index is 5.08. The van der Waals surface area contributed by atoms with Crippen molar-refractivity contribution >= 4 is 5.78 Å². The number of hydrogen-bond donors (Lipinski definition) is 1. The molecule has 0 fully saturated rings. The molecule has 21 heavy (non-hydrogen) atoms. The summed E-state index contributed by atoms with van der Waals surface area (Å²) in [5.74, 6) is -1.38. The number of allylic oxidation sites excluding steroid dienone is 2. The van der Waals surface area contributed by atoms with Crippen molar-refractivity contribution < 1.29 is 18.7 Å². The molecule has 0 radical (unpaired) electrons. The predicted molar refractivity (Wildman–Crippen MR) is 82.6 cm³/mol. The quantitative estimate of drug-likeness (QED) is 0.425. The van der Waals surface area contributed by atoms with Gasteiger partial charge >= 0.3 is 0 Å². The van der Waals surface area contributed by atoms with E-state index in [1.165, 1.54) is 13.0 Å². The molecule has 0 heterocycles. The molecule has 0 aromatic heterocycles. The van der Waals surface area contributed by atoms with Crippen LogP contribution in [-0.2, 0) is 4.79 Å². The zero-order valence-corrected chi connectivity index (χ0v) is 14.0.